The van der Waals surface area contributed by atoms with Gasteiger partial charge in [0.25, 0.3) is 5.91 Å². The zero-order valence-corrected chi connectivity index (χ0v) is 12.9. The Morgan fingerprint density at radius 3 is 2.40 bits per heavy atom. The molecule has 1 heterocycles. The maximum absolute atomic E-state index is 12.1. The molecule has 7 heteroatoms. The number of likely N-dealkylation sites (N-methyl/N-ethyl adjacent to an activating group) is 1. The molecular formula is C13H23N5O2. The van der Waals surface area contributed by atoms with Crippen molar-refractivity contribution in [2.75, 3.05) is 13.6 Å². The van der Waals surface area contributed by atoms with Crippen LogP contribution < -0.4 is 5.32 Å². The molecule has 0 aromatic carbocycles. The number of carbonyl (C=O) groups is 2. The fourth-order valence-corrected chi connectivity index (χ4v) is 1.52. The first kappa shape index (κ1) is 16.1. The number of nitrogens with one attached hydrogen (secondary N) is 2. The van der Waals surface area contributed by atoms with Gasteiger partial charge in [0.15, 0.2) is 0 Å². The lowest BCUT2D eigenvalue weighted by Gasteiger charge is -2.16. The summed E-state index contributed by atoms with van der Waals surface area (Å²) in [5, 5.41) is 9.40. The van der Waals surface area contributed by atoms with E-state index in [9.17, 15) is 9.59 Å². The summed E-state index contributed by atoms with van der Waals surface area (Å²) in [7, 11) is 1.55. The molecule has 0 aliphatic rings. The molecule has 2 amide bonds. The van der Waals surface area contributed by atoms with E-state index in [1.807, 2.05) is 34.6 Å². The van der Waals surface area contributed by atoms with Gasteiger partial charge in [-0.05, 0) is 13.8 Å². The van der Waals surface area contributed by atoms with E-state index in [0.717, 1.165) is 0 Å². The van der Waals surface area contributed by atoms with Gasteiger partial charge in [-0.3, -0.25) is 14.7 Å². The number of nitrogens with zero attached hydrogens (tertiary/aromatic N) is 3. The molecule has 2 N–H and O–H groups in total. The second kappa shape index (κ2) is 6.02. The summed E-state index contributed by atoms with van der Waals surface area (Å²) in [6.07, 6.45) is 0. The summed E-state index contributed by atoms with van der Waals surface area (Å²) in [6, 6.07) is 0.0435. The molecule has 1 rings (SSSR count). The quantitative estimate of drug-likeness (QED) is 0.850. The van der Waals surface area contributed by atoms with Crippen LogP contribution in [0.3, 0.4) is 0 Å². The van der Waals surface area contributed by atoms with E-state index in [1.54, 1.807) is 7.05 Å². The second-order valence-electron chi connectivity index (χ2n) is 6.14. The summed E-state index contributed by atoms with van der Waals surface area (Å²) in [6.45, 7) is 9.64. The maximum Gasteiger partial charge on any atom is 0.293 e. The van der Waals surface area contributed by atoms with Gasteiger partial charge in [-0.25, -0.2) is 4.98 Å². The van der Waals surface area contributed by atoms with Crippen molar-refractivity contribution < 1.29 is 9.59 Å². The molecule has 112 valence electrons. The monoisotopic (exact) mass is 281 g/mol. The Morgan fingerprint density at radius 2 is 1.95 bits per heavy atom. The Bertz CT molecular complexity index is 487. The lowest BCUT2D eigenvalue weighted by Crippen LogP contribution is -2.41. The predicted molar refractivity (Wildman–Crippen MR) is 75.3 cm³/mol. The number of rotatable bonds is 4. The largest absolute Gasteiger partial charge is 0.352 e. The van der Waals surface area contributed by atoms with Crippen LogP contribution in [0.2, 0.25) is 0 Å². The molecule has 7 nitrogen and oxygen atoms in total. The van der Waals surface area contributed by atoms with Crippen molar-refractivity contribution in [1.29, 1.82) is 0 Å². The van der Waals surface area contributed by atoms with Crippen molar-refractivity contribution >= 4 is 11.8 Å². The van der Waals surface area contributed by atoms with E-state index >= 15 is 0 Å². The first-order valence-corrected chi connectivity index (χ1v) is 6.59. The van der Waals surface area contributed by atoms with Crippen molar-refractivity contribution in [2.24, 2.45) is 0 Å². The molecular weight excluding hydrogens is 258 g/mol. The molecule has 0 bridgehead atoms. The van der Waals surface area contributed by atoms with E-state index in [1.165, 1.54) is 4.90 Å². The van der Waals surface area contributed by atoms with E-state index in [0.29, 0.717) is 5.82 Å². The molecule has 0 aliphatic heterocycles. The van der Waals surface area contributed by atoms with Gasteiger partial charge in [0, 0.05) is 18.5 Å². The third-order valence-electron chi connectivity index (χ3n) is 2.56. The van der Waals surface area contributed by atoms with E-state index < -0.39 is 0 Å². The Labute approximate surface area is 119 Å². The average Bonchev–Trinajstić information content (AvgIpc) is 2.75. The number of H-pyrrole nitrogens is 1. The number of aromatic amines is 1. The zero-order valence-electron chi connectivity index (χ0n) is 12.9. The zero-order chi connectivity index (χ0) is 15.5. The van der Waals surface area contributed by atoms with Gasteiger partial charge >= 0.3 is 0 Å². The highest BCUT2D eigenvalue weighted by atomic mass is 16.2. The minimum atomic E-state index is -0.379. The topological polar surface area (TPSA) is 91.0 Å². The van der Waals surface area contributed by atoms with Gasteiger partial charge in [0.2, 0.25) is 11.7 Å². The van der Waals surface area contributed by atoms with Gasteiger partial charge in [-0.1, -0.05) is 20.8 Å². The maximum atomic E-state index is 12.1. The first-order valence-electron chi connectivity index (χ1n) is 6.59. The van der Waals surface area contributed by atoms with Crippen LogP contribution in [0.15, 0.2) is 0 Å². The molecule has 1 aromatic heterocycles. The Kier molecular flexibility index (Phi) is 4.86. The van der Waals surface area contributed by atoms with Gasteiger partial charge in [0.05, 0.1) is 6.54 Å². The number of aromatic nitrogens is 3. The lowest BCUT2D eigenvalue weighted by atomic mass is 9.96. The molecule has 20 heavy (non-hydrogen) atoms. The predicted octanol–water partition coefficient (Wildman–Crippen LogP) is 0.699. The highest BCUT2D eigenvalue weighted by molar-refractivity contribution is 5.93. The minimum absolute atomic E-state index is 0.0175. The van der Waals surface area contributed by atoms with Crippen LogP contribution >= 0.6 is 0 Å². The average molecular weight is 281 g/mol. The summed E-state index contributed by atoms with van der Waals surface area (Å²) in [4.78, 5) is 29.2. The minimum Gasteiger partial charge on any atom is -0.352 e. The van der Waals surface area contributed by atoms with Crippen LogP contribution in [-0.4, -0.2) is 51.5 Å². The van der Waals surface area contributed by atoms with Crippen LogP contribution in [0.4, 0.5) is 0 Å². The molecule has 0 saturated carbocycles. The van der Waals surface area contributed by atoms with Gasteiger partial charge in [-0.2, -0.15) is 0 Å². The number of amides is 2. The molecule has 0 atom stereocenters. The van der Waals surface area contributed by atoms with Crippen LogP contribution in [0.25, 0.3) is 0 Å². The molecule has 1 aromatic rings. The van der Waals surface area contributed by atoms with Gasteiger partial charge in [-0.15, -0.1) is 5.10 Å². The van der Waals surface area contributed by atoms with Crippen molar-refractivity contribution in [3.05, 3.63) is 11.6 Å². The Morgan fingerprint density at radius 1 is 1.35 bits per heavy atom. The van der Waals surface area contributed by atoms with Crippen LogP contribution in [-0.2, 0) is 10.2 Å². The van der Waals surface area contributed by atoms with Crippen LogP contribution in [0.1, 0.15) is 51.1 Å². The van der Waals surface area contributed by atoms with Crippen LogP contribution in [0.5, 0.6) is 0 Å². The summed E-state index contributed by atoms with van der Waals surface area (Å²) < 4.78 is 0. The van der Waals surface area contributed by atoms with Crippen molar-refractivity contribution in [1.82, 2.24) is 25.4 Å². The molecule has 0 fully saturated rings. The van der Waals surface area contributed by atoms with Gasteiger partial charge < -0.3 is 10.2 Å². The smallest absolute Gasteiger partial charge is 0.293 e. The molecule has 0 saturated heterocycles. The standard InChI is InChI=1S/C13H23N5O2/c1-8(2)14-9(19)7-18(6)11(20)10-15-12(17-16-10)13(3,4)5/h8H,7H2,1-6H3,(H,14,19)(H,15,16,17). The Balaban J connectivity index is 2.70. The third kappa shape index (κ3) is 4.32. The molecule has 0 spiro atoms. The molecule has 0 unspecified atom stereocenters. The van der Waals surface area contributed by atoms with E-state index in [-0.39, 0.29) is 35.6 Å². The lowest BCUT2D eigenvalue weighted by molar-refractivity contribution is -0.122. The Hall–Kier alpha value is -1.92. The normalized spacial score (nSPS) is 11.6. The van der Waals surface area contributed by atoms with Crippen molar-refractivity contribution in [3.63, 3.8) is 0 Å². The fourth-order valence-electron chi connectivity index (χ4n) is 1.52. The summed E-state index contributed by atoms with van der Waals surface area (Å²) in [5.74, 6) is 0.133. The second-order valence-corrected chi connectivity index (χ2v) is 6.14. The summed E-state index contributed by atoms with van der Waals surface area (Å²) >= 11 is 0. The third-order valence-corrected chi connectivity index (χ3v) is 2.56. The van der Waals surface area contributed by atoms with Crippen molar-refractivity contribution in [2.45, 2.75) is 46.1 Å². The van der Waals surface area contributed by atoms with Crippen LogP contribution in [0, 0.1) is 0 Å². The highest BCUT2D eigenvalue weighted by Crippen LogP contribution is 2.17. The van der Waals surface area contributed by atoms with E-state index in [2.05, 4.69) is 20.5 Å². The van der Waals surface area contributed by atoms with E-state index in [4.69, 9.17) is 0 Å². The fraction of sp³-hybridized carbons (Fsp3) is 0.692. The summed E-state index contributed by atoms with van der Waals surface area (Å²) in [5.41, 5.74) is -0.209. The highest BCUT2D eigenvalue weighted by Gasteiger charge is 2.23. The SMILES string of the molecule is CC(C)NC(=O)CN(C)C(=O)c1n[nH]c(C(C)(C)C)n1. The number of hydrogen-bond acceptors (Lipinski definition) is 4. The number of carbonyl (C=O) groups excluding carboxylic acids is 2. The molecule has 0 aliphatic carbocycles. The molecule has 0 radical (unpaired) electrons. The first-order chi connectivity index (χ1) is 9.11. The van der Waals surface area contributed by atoms with Gasteiger partial charge in [0.1, 0.15) is 5.82 Å². The number of hydrogen-bond donors (Lipinski definition) is 2. The van der Waals surface area contributed by atoms with Crippen molar-refractivity contribution in [3.8, 4) is 0 Å².